The summed E-state index contributed by atoms with van der Waals surface area (Å²) in [5.74, 6) is 0. The Morgan fingerprint density at radius 2 is 2.15 bits per heavy atom. The predicted molar refractivity (Wildman–Crippen MR) is 78.7 cm³/mol. The van der Waals surface area contributed by atoms with Crippen molar-refractivity contribution in [2.45, 2.75) is 19.4 Å². The highest BCUT2D eigenvalue weighted by Crippen LogP contribution is 2.30. The molecular formula is C16H17N3O. The lowest BCUT2D eigenvalue weighted by Gasteiger charge is -2.39. The van der Waals surface area contributed by atoms with Gasteiger partial charge in [0.2, 0.25) is 0 Å². The van der Waals surface area contributed by atoms with E-state index in [2.05, 4.69) is 35.9 Å². The first-order chi connectivity index (χ1) is 9.59. The molecule has 0 unspecified atom stereocenters. The molecule has 0 saturated carbocycles. The van der Waals surface area contributed by atoms with Gasteiger partial charge >= 0.3 is 0 Å². The highest BCUT2D eigenvalue weighted by Gasteiger charge is 2.28. The maximum Gasteiger partial charge on any atom is 0.143 e. The van der Waals surface area contributed by atoms with Crippen LogP contribution in [0.1, 0.15) is 19.5 Å². The van der Waals surface area contributed by atoms with Gasteiger partial charge in [-0.25, -0.2) is 4.98 Å². The van der Waals surface area contributed by atoms with Crippen molar-refractivity contribution in [3.05, 3.63) is 36.0 Å². The van der Waals surface area contributed by atoms with Crippen LogP contribution in [0.4, 0.5) is 5.69 Å². The number of anilines is 1. The molecule has 1 aliphatic heterocycles. The minimum atomic E-state index is -0.171. The second-order valence-corrected chi connectivity index (χ2v) is 5.69. The smallest absolute Gasteiger partial charge is 0.143 e. The molecule has 20 heavy (non-hydrogen) atoms. The van der Waals surface area contributed by atoms with E-state index >= 15 is 0 Å². The first-order valence-corrected chi connectivity index (χ1v) is 6.78. The van der Waals surface area contributed by atoms with Gasteiger partial charge in [0.05, 0.1) is 17.7 Å². The molecule has 0 amide bonds. The quantitative estimate of drug-likeness (QED) is 0.797. The van der Waals surface area contributed by atoms with Gasteiger partial charge in [-0.1, -0.05) is 18.2 Å². The number of para-hydroxylation sites is 1. The molecule has 1 aliphatic rings. The summed E-state index contributed by atoms with van der Waals surface area (Å²) in [7, 11) is 0. The lowest BCUT2D eigenvalue weighted by Crippen LogP contribution is -2.48. The van der Waals surface area contributed by atoms with E-state index in [1.54, 1.807) is 0 Å². The topological polar surface area (TPSA) is 49.2 Å². The van der Waals surface area contributed by atoms with Crippen LogP contribution in [0.3, 0.4) is 0 Å². The summed E-state index contributed by atoms with van der Waals surface area (Å²) < 4.78 is 5.76. The van der Waals surface area contributed by atoms with Crippen LogP contribution in [0.15, 0.2) is 30.3 Å². The largest absolute Gasteiger partial charge is 0.372 e. The highest BCUT2D eigenvalue weighted by molar-refractivity contribution is 5.92. The maximum atomic E-state index is 9.17. The van der Waals surface area contributed by atoms with Crippen LogP contribution in [-0.2, 0) is 4.74 Å². The number of hydrogen-bond acceptors (Lipinski definition) is 4. The molecule has 0 atom stereocenters. The van der Waals surface area contributed by atoms with Crippen molar-refractivity contribution in [2.24, 2.45) is 0 Å². The number of benzene rings is 1. The molecule has 0 aliphatic carbocycles. The van der Waals surface area contributed by atoms with Crippen molar-refractivity contribution in [1.29, 1.82) is 5.26 Å². The zero-order valence-corrected chi connectivity index (χ0v) is 11.8. The zero-order valence-electron chi connectivity index (χ0n) is 11.8. The van der Waals surface area contributed by atoms with Gasteiger partial charge in [0.15, 0.2) is 0 Å². The molecule has 2 heterocycles. The van der Waals surface area contributed by atoms with Gasteiger partial charge in [-0.2, -0.15) is 5.26 Å². The summed E-state index contributed by atoms with van der Waals surface area (Å²) in [4.78, 5) is 6.65. The van der Waals surface area contributed by atoms with E-state index < -0.39 is 0 Å². The molecule has 4 nitrogen and oxygen atoms in total. The van der Waals surface area contributed by atoms with Gasteiger partial charge in [-0.05, 0) is 26.0 Å². The fourth-order valence-corrected chi connectivity index (χ4v) is 2.70. The minimum Gasteiger partial charge on any atom is -0.372 e. The standard InChI is InChI=1S/C16H17N3O/c1-16(2)11-19(7-8-20-16)15-9-12(10-17)18-14-6-4-3-5-13(14)15/h3-6,9H,7-8,11H2,1-2H3. The summed E-state index contributed by atoms with van der Waals surface area (Å²) in [6.07, 6.45) is 0. The molecule has 3 rings (SSSR count). The molecule has 1 aromatic carbocycles. The predicted octanol–water partition coefficient (Wildman–Crippen LogP) is 2.72. The molecule has 0 N–H and O–H groups in total. The van der Waals surface area contributed by atoms with Crippen LogP contribution < -0.4 is 4.90 Å². The molecule has 102 valence electrons. The highest BCUT2D eigenvalue weighted by atomic mass is 16.5. The summed E-state index contributed by atoms with van der Waals surface area (Å²) in [5.41, 5.74) is 2.23. The molecule has 4 heteroatoms. The van der Waals surface area contributed by atoms with Gasteiger partial charge in [-0.15, -0.1) is 0 Å². The van der Waals surface area contributed by atoms with Gasteiger partial charge in [0, 0.05) is 24.2 Å². The van der Waals surface area contributed by atoms with Gasteiger partial charge in [-0.3, -0.25) is 0 Å². The van der Waals surface area contributed by atoms with Gasteiger partial charge in [0.25, 0.3) is 0 Å². The Bertz CT molecular complexity index is 688. The van der Waals surface area contributed by atoms with E-state index in [-0.39, 0.29) is 5.60 Å². The third kappa shape index (κ3) is 2.33. The van der Waals surface area contributed by atoms with Crippen molar-refractivity contribution in [3.63, 3.8) is 0 Å². The van der Waals surface area contributed by atoms with Crippen LogP contribution in [0.25, 0.3) is 10.9 Å². The number of nitrogens with zero attached hydrogens (tertiary/aromatic N) is 3. The summed E-state index contributed by atoms with van der Waals surface area (Å²) in [6.45, 7) is 6.53. The Hall–Kier alpha value is -2.12. The molecule has 1 fully saturated rings. The molecular weight excluding hydrogens is 250 g/mol. The average Bonchev–Trinajstić information content (AvgIpc) is 2.45. The molecule has 0 bridgehead atoms. The van der Waals surface area contributed by atoms with Gasteiger partial charge < -0.3 is 9.64 Å². The van der Waals surface area contributed by atoms with E-state index in [4.69, 9.17) is 10.00 Å². The lowest BCUT2D eigenvalue weighted by atomic mass is 10.1. The number of pyridine rings is 1. The third-order valence-electron chi connectivity index (χ3n) is 3.58. The fourth-order valence-electron chi connectivity index (χ4n) is 2.70. The Labute approximate surface area is 118 Å². The van der Waals surface area contributed by atoms with Crippen molar-refractivity contribution < 1.29 is 4.74 Å². The van der Waals surface area contributed by atoms with E-state index in [1.807, 2.05) is 24.3 Å². The summed E-state index contributed by atoms with van der Waals surface area (Å²) in [6, 6.07) is 12.0. The van der Waals surface area contributed by atoms with Crippen LogP contribution in [0.5, 0.6) is 0 Å². The van der Waals surface area contributed by atoms with Crippen LogP contribution >= 0.6 is 0 Å². The number of fused-ring (bicyclic) bond motifs is 1. The van der Waals surface area contributed by atoms with Gasteiger partial charge in [0.1, 0.15) is 11.8 Å². The van der Waals surface area contributed by atoms with E-state index in [0.29, 0.717) is 12.3 Å². The second kappa shape index (κ2) is 4.77. The van der Waals surface area contributed by atoms with Crippen molar-refractivity contribution in [2.75, 3.05) is 24.6 Å². The molecule has 2 aromatic rings. The number of hydrogen-bond donors (Lipinski definition) is 0. The fraction of sp³-hybridized carbons (Fsp3) is 0.375. The number of morpholine rings is 1. The number of aromatic nitrogens is 1. The Balaban J connectivity index is 2.12. The van der Waals surface area contributed by atoms with E-state index in [0.717, 1.165) is 29.7 Å². The van der Waals surface area contributed by atoms with Crippen molar-refractivity contribution in [3.8, 4) is 6.07 Å². The third-order valence-corrected chi connectivity index (χ3v) is 3.58. The summed E-state index contributed by atoms with van der Waals surface area (Å²) in [5, 5.41) is 10.3. The normalized spacial score (nSPS) is 17.9. The summed E-state index contributed by atoms with van der Waals surface area (Å²) >= 11 is 0. The van der Waals surface area contributed by atoms with Crippen molar-refractivity contribution >= 4 is 16.6 Å². The number of nitriles is 1. The first-order valence-electron chi connectivity index (χ1n) is 6.78. The minimum absolute atomic E-state index is 0.171. The Morgan fingerprint density at radius 1 is 1.35 bits per heavy atom. The van der Waals surface area contributed by atoms with E-state index in [1.165, 1.54) is 0 Å². The second-order valence-electron chi connectivity index (χ2n) is 5.69. The van der Waals surface area contributed by atoms with Crippen molar-refractivity contribution in [1.82, 2.24) is 4.98 Å². The molecule has 1 saturated heterocycles. The SMILES string of the molecule is CC1(C)CN(c2cc(C#N)nc3ccccc23)CCO1. The number of ether oxygens (including phenoxy) is 1. The number of rotatable bonds is 1. The Morgan fingerprint density at radius 3 is 2.90 bits per heavy atom. The van der Waals surface area contributed by atoms with Crippen LogP contribution in [-0.4, -0.2) is 30.3 Å². The first kappa shape index (κ1) is 12.9. The zero-order chi connectivity index (χ0) is 14.2. The monoisotopic (exact) mass is 267 g/mol. The average molecular weight is 267 g/mol. The Kier molecular flexibility index (Phi) is 3.07. The molecule has 0 spiro atoms. The van der Waals surface area contributed by atoms with Crippen LogP contribution in [0, 0.1) is 11.3 Å². The van der Waals surface area contributed by atoms with E-state index in [9.17, 15) is 0 Å². The maximum absolute atomic E-state index is 9.17. The van der Waals surface area contributed by atoms with Crippen LogP contribution in [0.2, 0.25) is 0 Å². The molecule has 0 radical (unpaired) electrons. The lowest BCUT2D eigenvalue weighted by molar-refractivity contribution is -0.0276. The molecule has 1 aromatic heterocycles.